The van der Waals surface area contributed by atoms with Gasteiger partial charge in [-0.25, -0.2) is 13.1 Å². The zero-order valence-electron chi connectivity index (χ0n) is 12.0. The van der Waals surface area contributed by atoms with Crippen LogP contribution in [0.2, 0.25) is 5.02 Å². The minimum absolute atomic E-state index is 0.0105. The number of rotatable bonds is 4. The van der Waals surface area contributed by atoms with Crippen LogP contribution in [0.3, 0.4) is 0 Å². The van der Waals surface area contributed by atoms with Crippen molar-refractivity contribution in [2.75, 3.05) is 0 Å². The van der Waals surface area contributed by atoms with Crippen LogP contribution in [0, 0.1) is 17.2 Å². The van der Waals surface area contributed by atoms with Gasteiger partial charge in [-0.3, -0.25) is 0 Å². The summed E-state index contributed by atoms with van der Waals surface area (Å²) in [5.41, 5.74) is 0.287. The Morgan fingerprint density at radius 1 is 1.38 bits per heavy atom. The summed E-state index contributed by atoms with van der Waals surface area (Å²) in [6.45, 7) is 2.08. The van der Waals surface area contributed by atoms with Gasteiger partial charge < -0.3 is 0 Å². The summed E-state index contributed by atoms with van der Waals surface area (Å²) < 4.78 is 27.9. The van der Waals surface area contributed by atoms with E-state index in [0.29, 0.717) is 5.92 Å². The fraction of sp³-hybridized carbons (Fsp3) is 0.533. The Morgan fingerprint density at radius 2 is 2.10 bits per heavy atom. The van der Waals surface area contributed by atoms with Crippen molar-refractivity contribution in [3.8, 4) is 6.07 Å². The number of sulfonamides is 1. The lowest BCUT2D eigenvalue weighted by molar-refractivity contribution is 0.282. The van der Waals surface area contributed by atoms with E-state index < -0.39 is 10.0 Å². The third-order valence-electron chi connectivity index (χ3n) is 4.09. The Labute approximate surface area is 131 Å². The van der Waals surface area contributed by atoms with Gasteiger partial charge in [0.1, 0.15) is 4.90 Å². The van der Waals surface area contributed by atoms with Crippen molar-refractivity contribution in [2.24, 2.45) is 5.92 Å². The van der Waals surface area contributed by atoms with Gasteiger partial charge >= 0.3 is 0 Å². The molecule has 1 aliphatic rings. The van der Waals surface area contributed by atoms with E-state index in [1.807, 2.05) is 6.07 Å². The third kappa shape index (κ3) is 3.76. The molecule has 0 bridgehead atoms. The molecule has 0 radical (unpaired) electrons. The highest BCUT2D eigenvalue weighted by Gasteiger charge is 2.29. The topological polar surface area (TPSA) is 70.0 Å². The van der Waals surface area contributed by atoms with Gasteiger partial charge in [0.2, 0.25) is 10.0 Å². The molecule has 2 unspecified atom stereocenters. The van der Waals surface area contributed by atoms with Crippen LogP contribution in [0.15, 0.2) is 23.1 Å². The maximum Gasteiger partial charge on any atom is 0.242 e. The molecule has 1 N–H and O–H groups in total. The molecule has 0 saturated heterocycles. The molecule has 2 atom stereocenters. The first kappa shape index (κ1) is 16.3. The van der Waals surface area contributed by atoms with Crippen LogP contribution in [0.1, 0.15) is 44.6 Å². The second kappa shape index (κ2) is 6.78. The van der Waals surface area contributed by atoms with Gasteiger partial charge in [0.05, 0.1) is 16.7 Å². The van der Waals surface area contributed by atoms with Gasteiger partial charge in [0.15, 0.2) is 0 Å². The second-order valence-corrected chi connectivity index (χ2v) is 7.53. The molecule has 21 heavy (non-hydrogen) atoms. The van der Waals surface area contributed by atoms with Crippen LogP contribution in [0.25, 0.3) is 0 Å². The van der Waals surface area contributed by atoms with Crippen molar-refractivity contribution in [3.05, 3.63) is 28.8 Å². The first-order chi connectivity index (χ1) is 9.97. The summed E-state index contributed by atoms with van der Waals surface area (Å²) in [6.07, 6.45) is 5.05. The van der Waals surface area contributed by atoms with Crippen molar-refractivity contribution >= 4 is 21.6 Å². The molecule has 0 heterocycles. The fourth-order valence-corrected chi connectivity index (χ4v) is 4.76. The highest BCUT2D eigenvalue weighted by atomic mass is 35.5. The van der Waals surface area contributed by atoms with E-state index in [0.717, 1.165) is 32.1 Å². The average Bonchev–Trinajstić information content (AvgIpc) is 2.47. The Hall–Kier alpha value is -1.09. The first-order valence-electron chi connectivity index (χ1n) is 7.20. The summed E-state index contributed by atoms with van der Waals surface area (Å²) in [5.74, 6) is 0.367. The van der Waals surface area contributed by atoms with E-state index >= 15 is 0 Å². The number of hydrogen-bond acceptors (Lipinski definition) is 3. The molecule has 1 aromatic carbocycles. The van der Waals surface area contributed by atoms with Gasteiger partial charge in [-0.1, -0.05) is 37.8 Å². The van der Waals surface area contributed by atoms with E-state index in [4.69, 9.17) is 16.9 Å². The highest BCUT2D eigenvalue weighted by molar-refractivity contribution is 7.89. The lowest BCUT2D eigenvalue weighted by Gasteiger charge is -2.31. The predicted octanol–water partition coefficient (Wildman–Crippen LogP) is 3.46. The van der Waals surface area contributed by atoms with Gasteiger partial charge in [0.25, 0.3) is 0 Å². The summed E-state index contributed by atoms with van der Waals surface area (Å²) in [6, 6.07) is 6.18. The van der Waals surface area contributed by atoms with Crippen molar-refractivity contribution in [1.82, 2.24) is 4.72 Å². The number of benzene rings is 1. The SMILES string of the molecule is CCC1CCCCC1NS(=O)(=O)c1cc(C#N)ccc1Cl. The van der Waals surface area contributed by atoms with Gasteiger partial charge in [-0.15, -0.1) is 0 Å². The number of nitrogens with zero attached hydrogens (tertiary/aromatic N) is 1. The van der Waals surface area contributed by atoms with Crippen LogP contribution in [-0.2, 0) is 10.0 Å². The predicted molar refractivity (Wildman–Crippen MR) is 82.5 cm³/mol. The molecule has 0 amide bonds. The molecule has 6 heteroatoms. The van der Waals surface area contributed by atoms with Crippen molar-refractivity contribution in [3.63, 3.8) is 0 Å². The minimum Gasteiger partial charge on any atom is -0.208 e. The summed E-state index contributed by atoms with van der Waals surface area (Å²) in [7, 11) is -3.70. The quantitative estimate of drug-likeness (QED) is 0.921. The molecule has 1 saturated carbocycles. The van der Waals surface area contributed by atoms with Crippen molar-refractivity contribution in [2.45, 2.75) is 50.0 Å². The van der Waals surface area contributed by atoms with Gasteiger partial charge in [-0.05, 0) is 37.0 Å². The average molecular weight is 327 g/mol. The third-order valence-corrected chi connectivity index (χ3v) is 6.06. The van der Waals surface area contributed by atoms with E-state index in [1.165, 1.54) is 18.2 Å². The largest absolute Gasteiger partial charge is 0.242 e. The van der Waals surface area contributed by atoms with Crippen LogP contribution >= 0.6 is 11.6 Å². The Bertz CT molecular complexity index is 652. The van der Waals surface area contributed by atoms with Crippen molar-refractivity contribution < 1.29 is 8.42 Å². The summed E-state index contributed by atoms with van der Waals surface area (Å²) >= 11 is 6.00. The highest BCUT2D eigenvalue weighted by Crippen LogP contribution is 2.29. The summed E-state index contributed by atoms with van der Waals surface area (Å²) in [5, 5.41) is 9.06. The van der Waals surface area contributed by atoms with E-state index in [2.05, 4.69) is 11.6 Å². The minimum atomic E-state index is -3.70. The Balaban J connectivity index is 2.28. The normalized spacial score (nSPS) is 22.7. The smallest absolute Gasteiger partial charge is 0.208 e. The molecule has 2 rings (SSSR count). The summed E-state index contributed by atoms with van der Waals surface area (Å²) in [4.78, 5) is -0.0105. The standard InChI is InChI=1S/C15H19ClN2O2S/c1-2-12-5-3-4-6-14(12)18-21(19,20)15-9-11(10-17)7-8-13(15)16/h7-9,12,14,18H,2-6H2,1H3. The van der Waals surface area contributed by atoms with Crippen LogP contribution < -0.4 is 4.72 Å². The molecule has 114 valence electrons. The van der Waals surface area contributed by atoms with Crippen LogP contribution in [0.5, 0.6) is 0 Å². The Morgan fingerprint density at radius 3 is 2.76 bits per heavy atom. The molecule has 0 spiro atoms. The Kier molecular flexibility index (Phi) is 5.26. The maximum absolute atomic E-state index is 12.5. The number of nitrogens with one attached hydrogen (secondary N) is 1. The lowest BCUT2D eigenvalue weighted by Crippen LogP contribution is -2.41. The lowest BCUT2D eigenvalue weighted by atomic mass is 9.83. The number of hydrogen-bond donors (Lipinski definition) is 1. The van der Waals surface area contributed by atoms with E-state index in [9.17, 15) is 8.42 Å². The van der Waals surface area contributed by atoms with Gasteiger partial charge in [-0.2, -0.15) is 5.26 Å². The first-order valence-corrected chi connectivity index (χ1v) is 9.06. The molecule has 4 nitrogen and oxygen atoms in total. The zero-order chi connectivity index (χ0) is 15.5. The van der Waals surface area contributed by atoms with Crippen LogP contribution in [-0.4, -0.2) is 14.5 Å². The molecular weight excluding hydrogens is 308 g/mol. The number of nitriles is 1. The monoisotopic (exact) mass is 326 g/mol. The second-order valence-electron chi connectivity index (χ2n) is 5.44. The number of halogens is 1. The zero-order valence-corrected chi connectivity index (χ0v) is 13.5. The van der Waals surface area contributed by atoms with Crippen LogP contribution in [0.4, 0.5) is 0 Å². The fourth-order valence-electron chi connectivity index (χ4n) is 2.89. The van der Waals surface area contributed by atoms with Gasteiger partial charge in [0, 0.05) is 6.04 Å². The molecule has 0 aliphatic heterocycles. The molecule has 1 aromatic rings. The van der Waals surface area contributed by atoms with E-state index in [1.54, 1.807) is 0 Å². The molecule has 1 fully saturated rings. The molecular formula is C15H19ClN2O2S. The molecule has 1 aliphatic carbocycles. The van der Waals surface area contributed by atoms with Crippen molar-refractivity contribution in [1.29, 1.82) is 5.26 Å². The molecule has 0 aromatic heterocycles. The van der Waals surface area contributed by atoms with E-state index in [-0.39, 0.29) is 21.5 Å². The maximum atomic E-state index is 12.5.